The SMILES string of the molecule is Cn1nc(-c2ccccc2)cc1C(=O)Nc1ccc(-c2ccn[nH]2)cc1. The predicted octanol–water partition coefficient (Wildman–Crippen LogP) is 3.73. The normalized spacial score (nSPS) is 10.7. The molecule has 128 valence electrons. The zero-order chi connectivity index (χ0) is 17.9. The molecule has 6 nitrogen and oxygen atoms in total. The first kappa shape index (κ1) is 15.8. The molecule has 2 aromatic heterocycles. The van der Waals surface area contributed by atoms with Gasteiger partial charge in [-0.3, -0.25) is 14.6 Å². The van der Waals surface area contributed by atoms with E-state index in [0.717, 1.165) is 28.2 Å². The van der Waals surface area contributed by atoms with Crippen LogP contribution in [0.4, 0.5) is 5.69 Å². The van der Waals surface area contributed by atoms with Gasteiger partial charge in [-0.05, 0) is 29.8 Å². The van der Waals surface area contributed by atoms with Crippen molar-refractivity contribution in [2.45, 2.75) is 0 Å². The van der Waals surface area contributed by atoms with Gasteiger partial charge in [0.15, 0.2) is 0 Å². The van der Waals surface area contributed by atoms with E-state index in [0.29, 0.717) is 5.69 Å². The smallest absolute Gasteiger partial charge is 0.273 e. The van der Waals surface area contributed by atoms with E-state index in [1.807, 2.05) is 60.7 Å². The van der Waals surface area contributed by atoms with E-state index in [4.69, 9.17) is 0 Å². The molecule has 0 atom stereocenters. The monoisotopic (exact) mass is 343 g/mol. The van der Waals surface area contributed by atoms with E-state index in [1.165, 1.54) is 0 Å². The largest absolute Gasteiger partial charge is 0.321 e. The maximum atomic E-state index is 12.6. The van der Waals surface area contributed by atoms with Crippen molar-refractivity contribution in [1.29, 1.82) is 0 Å². The summed E-state index contributed by atoms with van der Waals surface area (Å²) < 4.78 is 1.59. The molecule has 1 amide bonds. The summed E-state index contributed by atoms with van der Waals surface area (Å²) in [7, 11) is 1.77. The minimum Gasteiger partial charge on any atom is -0.321 e. The quantitative estimate of drug-likeness (QED) is 0.593. The minimum absolute atomic E-state index is 0.198. The topological polar surface area (TPSA) is 75.6 Å². The number of nitrogens with one attached hydrogen (secondary N) is 2. The highest BCUT2D eigenvalue weighted by atomic mass is 16.2. The van der Waals surface area contributed by atoms with Crippen LogP contribution >= 0.6 is 0 Å². The van der Waals surface area contributed by atoms with E-state index in [-0.39, 0.29) is 5.91 Å². The van der Waals surface area contributed by atoms with E-state index in [9.17, 15) is 4.79 Å². The molecular weight excluding hydrogens is 326 g/mol. The molecule has 0 saturated carbocycles. The molecule has 0 aliphatic rings. The second-order valence-electron chi connectivity index (χ2n) is 5.91. The van der Waals surface area contributed by atoms with Crippen LogP contribution in [0, 0.1) is 0 Å². The number of hydrogen-bond donors (Lipinski definition) is 2. The molecule has 2 aromatic carbocycles. The predicted molar refractivity (Wildman–Crippen MR) is 101 cm³/mol. The zero-order valence-corrected chi connectivity index (χ0v) is 14.2. The number of carbonyl (C=O) groups is 1. The molecule has 4 rings (SSSR count). The highest BCUT2D eigenvalue weighted by molar-refractivity contribution is 6.03. The average Bonchev–Trinajstić information content (AvgIpc) is 3.33. The van der Waals surface area contributed by atoms with Crippen molar-refractivity contribution >= 4 is 11.6 Å². The van der Waals surface area contributed by atoms with Crippen LogP contribution in [0.5, 0.6) is 0 Å². The number of aryl methyl sites for hydroxylation is 1. The number of aromatic nitrogens is 4. The first-order valence-corrected chi connectivity index (χ1v) is 8.21. The van der Waals surface area contributed by atoms with Crippen LogP contribution in [0.15, 0.2) is 72.9 Å². The van der Waals surface area contributed by atoms with Crippen LogP contribution in [0.25, 0.3) is 22.5 Å². The van der Waals surface area contributed by atoms with Gasteiger partial charge >= 0.3 is 0 Å². The average molecular weight is 343 g/mol. The van der Waals surface area contributed by atoms with E-state index in [1.54, 1.807) is 24.0 Å². The van der Waals surface area contributed by atoms with E-state index < -0.39 is 0 Å². The number of aromatic amines is 1. The third-order valence-corrected chi connectivity index (χ3v) is 4.14. The second-order valence-corrected chi connectivity index (χ2v) is 5.91. The highest BCUT2D eigenvalue weighted by Crippen LogP contribution is 2.21. The Morgan fingerprint density at radius 2 is 1.77 bits per heavy atom. The number of nitrogens with zero attached hydrogens (tertiary/aromatic N) is 3. The molecule has 0 bridgehead atoms. The molecule has 4 aromatic rings. The van der Waals surface area contributed by atoms with Crippen LogP contribution in [0.3, 0.4) is 0 Å². The number of amides is 1. The number of hydrogen-bond acceptors (Lipinski definition) is 3. The Bertz CT molecular complexity index is 1020. The van der Waals surface area contributed by atoms with Crippen molar-refractivity contribution in [2.24, 2.45) is 7.05 Å². The summed E-state index contributed by atoms with van der Waals surface area (Å²) in [4.78, 5) is 12.6. The fourth-order valence-electron chi connectivity index (χ4n) is 2.77. The van der Waals surface area contributed by atoms with Gasteiger partial charge in [0, 0.05) is 24.5 Å². The van der Waals surface area contributed by atoms with Gasteiger partial charge in [0.05, 0.1) is 11.4 Å². The third-order valence-electron chi connectivity index (χ3n) is 4.14. The highest BCUT2D eigenvalue weighted by Gasteiger charge is 2.14. The lowest BCUT2D eigenvalue weighted by Crippen LogP contribution is -2.15. The molecule has 6 heteroatoms. The molecule has 2 N–H and O–H groups in total. The molecule has 0 unspecified atom stereocenters. The van der Waals surface area contributed by atoms with Gasteiger partial charge in [0.1, 0.15) is 5.69 Å². The first-order chi connectivity index (χ1) is 12.7. The molecule has 0 radical (unpaired) electrons. The number of carbonyl (C=O) groups excluding carboxylic acids is 1. The van der Waals surface area contributed by atoms with Crippen LogP contribution < -0.4 is 5.32 Å². The molecule has 26 heavy (non-hydrogen) atoms. The number of H-pyrrole nitrogens is 1. The van der Waals surface area contributed by atoms with Crippen molar-refractivity contribution in [3.63, 3.8) is 0 Å². The van der Waals surface area contributed by atoms with Crippen LogP contribution in [-0.2, 0) is 7.05 Å². The van der Waals surface area contributed by atoms with Gasteiger partial charge < -0.3 is 5.32 Å². The first-order valence-electron chi connectivity index (χ1n) is 8.21. The van der Waals surface area contributed by atoms with Gasteiger partial charge in [-0.2, -0.15) is 10.2 Å². The van der Waals surface area contributed by atoms with E-state index >= 15 is 0 Å². The second kappa shape index (κ2) is 6.68. The Hall–Kier alpha value is -3.67. The van der Waals surface area contributed by atoms with Crippen LogP contribution in [-0.4, -0.2) is 25.9 Å². The Kier molecular flexibility index (Phi) is 4.07. The van der Waals surface area contributed by atoms with Gasteiger partial charge in [-0.25, -0.2) is 0 Å². The number of anilines is 1. The Labute approximate surface area is 150 Å². The summed E-state index contributed by atoms with van der Waals surface area (Å²) in [6.45, 7) is 0. The minimum atomic E-state index is -0.198. The maximum absolute atomic E-state index is 12.6. The summed E-state index contributed by atoms with van der Waals surface area (Å²) in [6.07, 6.45) is 1.71. The molecule has 2 heterocycles. The number of benzene rings is 2. The fourth-order valence-corrected chi connectivity index (χ4v) is 2.77. The molecular formula is C20H17N5O. The third kappa shape index (κ3) is 3.12. The number of rotatable bonds is 4. The fraction of sp³-hybridized carbons (Fsp3) is 0.0500. The molecule has 0 saturated heterocycles. The summed E-state index contributed by atoms with van der Waals surface area (Å²) in [5, 5.41) is 14.2. The van der Waals surface area contributed by atoms with Gasteiger partial charge in [0.25, 0.3) is 5.91 Å². The Morgan fingerprint density at radius 1 is 1.00 bits per heavy atom. The van der Waals surface area contributed by atoms with Gasteiger partial charge in [-0.1, -0.05) is 42.5 Å². The zero-order valence-electron chi connectivity index (χ0n) is 14.2. The Balaban J connectivity index is 1.52. The summed E-state index contributed by atoms with van der Waals surface area (Å²) >= 11 is 0. The van der Waals surface area contributed by atoms with Gasteiger partial charge in [-0.15, -0.1) is 0 Å². The molecule has 0 fully saturated rings. The lowest BCUT2D eigenvalue weighted by molar-refractivity contribution is 0.101. The van der Waals surface area contributed by atoms with Crippen LogP contribution in [0.2, 0.25) is 0 Å². The summed E-state index contributed by atoms with van der Waals surface area (Å²) in [6, 6.07) is 21.1. The lowest BCUT2D eigenvalue weighted by Gasteiger charge is -2.06. The lowest BCUT2D eigenvalue weighted by atomic mass is 10.1. The van der Waals surface area contributed by atoms with Crippen molar-refractivity contribution in [3.8, 4) is 22.5 Å². The van der Waals surface area contributed by atoms with Crippen molar-refractivity contribution in [2.75, 3.05) is 5.32 Å². The van der Waals surface area contributed by atoms with Crippen LogP contribution in [0.1, 0.15) is 10.5 Å². The van der Waals surface area contributed by atoms with Crippen molar-refractivity contribution in [1.82, 2.24) is 20.0 Å². The van der Waals surface area contributed by atoms with Crippen molar-refractivity contribution in [3.05, 3.63) is 78.6 Å². The molecule has 0 aliphatic heterocycles. The summed E-state index contributed by atoms with van der Waals surface area (Å²) in [5.74, 6) is -0.198. The molecule has 0 aliphatic carbocycles. The van der Waals surface area contributed by atoms with Crippen molar-refractivity contribution < 1.29 is 4.79 Å². The Morgan fingerprint density at radius 3 is 2.46 bits per heavy atom. The standard InChI is InChI=1S/C20H17N5O/c1-25-19(13-18(24-25)14-5-3-2-4-6-14)20(26)22-16-9-7-15(8-10-16)17-11-12-21-23-17/h2-13H,1H3,(H,21,23)(H,22,26). The van der Waals surface area contributed by atoms with E-state index in [2.05, 4.69) is 20.6 Å². The van der Waals surface area contributed by atoms with Gasteiger partial charge in [0.2, 0.25) is 0 Å². The summed E-state index contributed by atoms with van der Waals surface area (Å²) in [5.41, 5.74) is 4.91. The molecule has 0 spiro atoms. The maximum Gasteiger partial charge on any atom is 0.273 e.